The third-order valence-corrected chi connectivity index (χ3v) is 13.9. The van der Waals surface area contributed by atoms with Gasteiger partial charge in [0.2, 0.25) is 0 Å². The van der Waals surface area contributed by atoms with E-state index in [4.69, 9.17) is 28.4 Å². The van der Waals surface area contributed by atoms with Crippen LogP contribution in [-0.2, 0) is 42.8 Å². The van der Waals surface area contributed by atoms with E-state index in [9.17, 15) is 14.4 Å². The van der Waals surface area contributed by atoms with Crippen molar-refractivity contribution in [3.63, 3.8) is 0 Å². The van der Waals surface area contributed by atoms with Crippen molar-refractivity contribution in [1.29, 1.82) is 0 Å². The summed E-state index contributed by atoms with van der Waals surface area (Å²) in [6.07, 6.45) is 51.8. The van der Waals surface area contributed by atoms with Gasteiger partial charge in [0.1, 0.15) is 19.8 Å². The Hall–Kier alpha value is -1.71. The predicted molar refractivity (Wildman–Crippen MR) is 289 cm³/mol. The van der Waals surface area contributed by atoms with Crippen LogP contribution in [0.25, 0.3) is 0 Å². The van der Waals surface area contributed by atoms with Gasteiger partial charge in [-0.25, -0.2) is 0 Å². The summed E-state index contributed by atoms with van der Waals surface area (Å²) in [6, 6.07) is 0. The van der Waals surface area contributed by atoms with Crippen molar-refractivity contribution in [1.82, 2.24) is 0 Å². The number of rotatable bonds is 58. The fraction of sp³-hybridized carbons (Fsp3) is 0.950. The summed E-state index contributed by atoms with van der Waals surface area (Å²) in [7, 11) is 0. The lowest BCUT2D eigenvalue weighted by Gasteiger charge is -2.32. The lowest BCUT2D eigenvalue weighted by molar-refractivity contribution is -0.147. The van der Waals surface area contributed by atoms with Gasteiger partial charge in [-0.05, 0) is 25.7 Å². The molecule has 0 rings (SSSR count). The largest absolute Gasteiger partial charge is 0.463 e. The van der Waals surface area contributed by atoms with Gasteiger partial charge in [-0.15, -0.1) is 0 Å². The zero-order chi connectivity index (χ0) is 50.2. The van der Waals surface area contributed by atoms with Gasteiger partial charge in [0.25, 0.3) is 0 Å². The molecule has 0 amide bonds. The van der Waals surface area contributed by atoms with Crippen molar-refractivity contribution >= 4 is 17.9 Å². The Morgan fingerprint density at radius 3 is 0.638 bits per heavy atom. The Morgan fingerprint density at radius 2 is 0.449 bits per heavy atom. The first-order valence-electron chi connectivity index (χ1n) is 30.1. The third kappa shape index (κ3) is 51.0. The van der Waals surface area contributed by atoms with Gasteiger partial charge in [-0.2, -0.15) is 0 Å². The van der Waals surface area contributed by atoms with E-state index in [1.807, 2.05) is 0 Å². The maximum atomic E-state index is 12.4. The number of carbonyl (C=O) groups is 3. The number of hydrogen-bond donors (Lipinski definition) is 0. The molecule has 0 fully saturated rings. The second-order valence-electron chi connectivity index (χ2n) is 20.7. The molecule has 69 heavy (non-hydrogen) atoms. The van der Waals surface area contributed by atoms with Crippen molar-refractivity contribution in [2.75, 3.05) is 59.5 Å². The van der Waals surface area contributed by atoms with E-state index in [0.29, 0.717) is 58.9 Å². The molecule has 0 aliphatic carbocycles. The van der Waals surface area contributed by atoms with Gasteiger partial charge in [0.15, 0.2) is 0 Å². The molecule has 0 saturated carbocycles. The summed E-state index contributed by atoms with van der Waals surface area (Å²) in [5.41, 5.74) is -0.462. The molecular formula is C60H116O9. The van der Waals surface area contributed by atoms with Crippen molar-refractivity contribution in [3.05, 3.63) is 0 Å². The topological polar surface area (TPSA) is 107 Å². The maximum Gasteiger partial charge on any atom is 0.305 e. The fourth-order valence-electron chi connectivity index (χ4n) is 9.02. The van der Waals surface area contributed by atoms with Crippen LogP contribution in [0.1, 0.15) is 304 Å². The summed E-state index contributed by atoms with van der Waals surface area (Å²) in [6.45, 7) is 11.5. The van der Waals surface area contributed by atoms with E-state index in [1.54, 1.807) is 0 Å². The van der Waals surface area contributed by atoms with Crippen LogP contribution in [0.5, 0.6) is 0 Å². The van der Waals surface area contributed by atoms with Crippen LogP contribution < -0.4 is 0 Å². The second kappa shape index (κ2) is 55.6. The van der Waals surface area contributed by atoms with Crippen molar-refractivity contribution in [2.24, 2.45) is 5.41 Å². The van der Waals surface area contributed by atoms with Gasteiger partial charge in [-0.1, -0.05) is 259 Å². The molecule has 0 unspecified atom stereocenters. The van der Waals surface area contributed by atoms with Gasteiger partial charge >= 0.3 is 17.9 Å². The Morgan fingerprint density at radius 1 is 0.261 bits per heavy atom. The quantitative estimate of drug-likeness (QED) is 0.0334. The summed E-state index contributed by atoms with van der Waals surface area (Å²) >= 11 is 0. The summed E-state index contributed by atoms with van der Waals surface area (Å²) < 4.78 is 34.7. The van der Waals surface area contributed by atoms with E-state index in [1.165, 1.54) is 212 Å². The monoisotopic (exact) mass is 981 g/mol. The van der Waals surface area contributed by atoms with Crippen LogP contribution in [0.3, 0.4) is 0 Å². The molecule has 0 bridgehead atoms. The molecule has 0 atom stereocenters. The number of unbranched alkanes of at least 4 members (excludes halogenated alkanes) is 36. The van der Waals surface area contributed by atoms with E-state index in [2.05, 4.69) is 27.7 Å². The highest BCUT2D eigenvalue weighted by Crippen LogP contribution is 2.24. The molecular weight excluding hydrogens is 865 g/mol. The predicted octanol–water partition coefficient (Wildman–Crippen LogP) is 17.5. The van der Waals surface area contributed by atoms with Gasteiger partial charge < -0.3 is 28.4 Å². The van der Waals surface area contributed by atoms with Crippen LogP contribution in [0, 0.1) is 5.41 Å². The molecule has 0 radical (unpaired) electrons. The Kier molecular flexibility index (Phi) is 54.2. The van der Waals surface area contributed by atoms with E-state index in [-0.39, 0.29) is 37.7 Å². The zero-order valence-electron chi connectivity index (χ0n) is 46.4. The van der Waals surface area contributed by atoms with Crippen LogP contribution in [-0.4, -0.2) is 77.4 Å². The van der Waals surface area contributed by atoms with Gasteiger partial charge in [-0.3, -0.25) is 14.4 Å². The number of hydrogen-bond acceptors (Lipinski definition) is 9. The summed E-state index contributed by atoms with van der Waals surface area (Å²) in [4.78, 5) is 37.2. The molecule has 410 valence electrons. The van der Waals surface area contributed by atoms with E-state index in [0.717, 1.165) is 44.9 Å². The molecule has 0 aromatic carbocycles. The van der Waals surface area contributed by atoms with Crippen LogP contribution in [0.15, 0.2) is 0 Å². The molecule has 0 aliphatic rings. The molecule has 0 saturated heterocycles. The fourth-order valence-corrected chi connectivity index (χ4v) is 9.02. The molecule has 0 N–H and O–H groups in total. The van der Waals surface area contributed by atoms with Crippen molar-refractivity contribution in [3.8, 4) is 0 Å². The second-order valence-corrected chi connectivity index (χ2v) is 20.7. The Labute approximate surface area is 427 Å². The average molecular weight is 982 g/mol. The SMILES string of the molecule is CCCCCCCCCCCCCCCC(=O)OCCOCC(CC)(COCCOC(=O)CCCCCCCCCCCCCCC)COCCOC(=O)CCCCCCCCCCCCCCC. The maximum absolute atomic E-state index is 12.4. The van der Waals surface area contributed by atoms with Crippen LogP contribution >= 0.6 is 0 Å². The molecule has 0 aromatic rings. The van der Waals surface area contributed by atoms with Crippen molar-refractivity contribution in [2.45, 2.75) is 304 Å². The molecule has 0 aromatic heterocycles. The zero-order valence-corrected chi connectivity index (χ0v) is 46.4. The normalized spacial score (nSPS) is 11.7. The minimum Gasteiger partial charge on any atom is -0.463 e. The molecule has 0 heterocycles. The number of ether oxygens (including phenoxy) is 6. The number of esters is 3. The molecule has 9 nitrogen and oxygen atoms in total. The average Bonchev–Trinajstić information content (AvgIpc) is 3.35. The summed E-state index contributed by atoms with van der Waals surface area (Å²) in [5, 5.41) is 0. The van der Waals surface area contributed by atoms with Gasteiger partial charge in [0.05, 0.1) is 39.6 Å². The van der Waals surface area contributed by atoms with Crippen LogP contribution in [0.2, 0.25) is 0 Å². The molecule has 9 heteroatoms. The highest BCUT2D eigenvalue weighted by Gasteiger charge is 2.30. The van der Waals surface area contributed by atoms with Crippen LogP contribution in [0.4, 0.5) is 0 Å². The number of carbonyl (C=O) groups excluding carboxylic acids is 3. The Bertz CT molecular complexity index is 941. The van der Waals surface area contributed by atoms with E-state index >= 15 is 0 Å². The summed E-state index contributed by atoms with van der Waals surface area (Å²) in [5.74, 6) is -0.493. The minimum absolute atomic E-state index is 0.164. The van der Waals surface area contributed by atoms with E-state index < -0.39 is 5.41 Å². The lowest BCUT2D eigenvalue weighted by atomic mass is 9.88. The Balaban J connectivity index is 4.46. The highest BCUT2D eigenvalue weighted by atomic mass is 16.6. The van der Waals surface area contributed by atoms with Gasteiger partial charge in [0, 0.05) is 24.7 Å². The third-order valence-electron chi connectivity index (χ3n) is 13.9. The first kappa shape index (κ1) is 67.3. The lowest BCUT2D eigenvalue weighted by Crippen LogP contribution is -2.38. The van der Waals surface area contributed by atoms with Crippen molar-refractivity contribution < 1.29 is 42.8 Å². The standard InChI is InChI=1S/C60H116O9/c1-5-9-12-15-18-21-24-27-30-33-36-39-42-45-57(61)67-51-48-64-54-60(8-4,55-65-49-52-68-58(62)46-43-40-37-34-31-28-25-22-19-16-13-10-6-2)56-66-50-53-69-59(63)47-44-41-38-35-32-29-26-23-20-17-14-11-7-3/h5-56H2,1-4H3. The molecule has 0 spiro atoms. The first-order valence-corrected chi connectivity index (χ1v) is 30.1. The highest BCUT2D eigenvalue weighted by molar-refractivity contribution is 5.69. The first-order chi connectivity index (χ1) is 33.9. The minimum atomic E-state index is -0.462. The molecule has 0 aliphatic heterocycles. The smallest absolute Gasteiger partial charge is 0.305 e.